The summed E-state index contributed by atoms with van der Waals surface area (Å²) in [6, 6.07) is 8.99. The molecule has 0 aliphatic carbocycles. The molecule has 0 aliphatic rings. The van der Waals surface area contributed by atoms with Crippen LogP contribution in [0.2, 0.25) is 0 Å². The van der Waals surface area contributed by atoms with Gasteiger partial charge in [0.2, 0.25) is 5.91 Å². The fourth-order valence-electron chi connectivity index (χ4n) is 2.37. The molecule has 0 spiro atoms. The van der Waals surface area contributed by atoms with Crippen molar-refractivity contribution in [1.29, 1.82) is 0 Å². The number of rotatable bonds is 10. The number of nitrogens with zero attached hydrogens (tertiary/aromatic N) is 1. The zero-order valence-electron chi connectivity index (χ0n) is 16.6. The molecule has 0 heterocycles. The quantitative estimate of drug-likeness (QED) is 0.318. The number of esters is 1. The van der Waals surface area contributed by atoms with Crippen LogP contribution in [-0.4, -0.2) is 37.9 Å². The summed E-state index contributed by atoms with van der Waals surface area (Å²) in [5.74, 6) is -0.390. The largest absolute Gasteiger partial charge is 0.490 e. The van der Waals surface area contributed by atoms with E-state index in [0.29, 0.717) is 33.7 Å². The lowest BCUT2D eigenvalue weighted by atomic mass is 10.1. The maximum Gasteiger partial charge on any atom is 0.344 e. The average Bonchev–Trinajstić information content (AvgIpc) is 2.71. The maximum absolute atomic E-state index is 12.9. The number of nitrogens with one attached hydrogen (secondary N) is 1. The van der Waals surface area contributed by atoms with Gasteiger partial charge in [-0.25, -0.2) is 14.6 Å². The van der Waals surface area contributed by atoms with Crippen molar-refractivity contribution in [3.05, 3.63) is 57.8 Å². The molecule has 0 saturated heterocycles. The van der Waals surface area contributed by atoms with Crippen molar-refractivity contribution >= 4 is 34.0 Å². The Labute approximate surface area is 182 Å². The molecule has 2 aromatic carbocycles. The Morgan fingerprint density at radius 1 is 1.10 bits per heavy atom. The molecule has 9 heteroatoms. The summed E-state index contributed by atoms with van der Waals surface area (Å²) in [7, 11) is 0. The van der Waals surface area contributed by atoms with Crippen LogP contribution >= 0.6 is 15.9 Å². The van der Waals surface area contributed by atoms with Gasteiger partial charge >= 0.3 is 5.97 Å². The second-order valence-corrected chi connectivity index (χ2v) is 6.80. The summed E-state index contributed by atoms with van der Waals surface area (Å²) >= 11 is 3.41. The standard InChI is InChI=1S/C21H22BrFN2O5/c1-3-28-18-10-15(17(22)11-19(18)30-13-21(27)29-4-2)12-24-25-20(26)9-14-5-7-16(23)8-6-14/h5-8,10-12H,3-4,9,13H2,1-2H3,(H,25,26)/b24-12+. The molecule has 0 saturated carbocycles. The van der Waals surface area contributed by atoms with E-state index in [9.17, 15) is 14.0 Å². The topological polar surface area (TPSA) is 86.2 Å². The number of ether oxygens (including phenoxy) is 3. The predicted octanol–water partition coefficient (Wildman–Crippen LogP) is 3.62. The van der Waals surface area contributed by atoms with E-state index in [0.717, 1.165) is 0 Å². The summed E-state index contributed by atoms with van der Waals surface area (Å²) in [6.07, 6.45) is 1.52. The van der Waals surface area contributed by atoms with Crippen molar-refractivity contribution in [2.24, 2.45) is 5.10 Å². The van der Waals surface area contributed by atoms with Gasteiger partial charge in [-0.05, 0) is 59.6 Å². The lowest BCUT2D eigenvalue weighted by Crippen LogP contribution is -2.19. The fraction of sp³-hybridized carbons (Fsp3) is 0.286. The van der Waals surface area contributed by atoms with Crippen LogP contribution in [0.5, 0.6) is 11.5 Å². The van der Waals surface area contributed by atoms with Crippen LogP contribution in [0.15, 0.2) is 46.0 Å². The van der Waals surface area contributed by atoms with E-state index < -0.39 is 5.97 Å². The van der Waals surface area contributed by atoms with Crippen molar-refractivity contribution in [3.8, 4) is 11.5 Å². The highest BCUT2D eigenvalue weighted by Gasteiger charge is 2.12. The minimum absolute atomic E-state index is 0.0730. The van der Waals surface area contributed by atoms with Gasteiger partial charge in [0.15, 0.2) is 18.1 Å². The van der Waals surface area contributed by atoms with Crippen molar-refractivity contribution < 1.29 is 28.2 Å². The Hall–Kier alpha value is -2.94. The summed E-state index contributed by atoms with van der Waals surface area (Å²) in [4.78, 5) is 23.5. The highest BCUT2D eigenvalue weighted by atomic mass is 79.9. The molecular weight excluding hydrogens is 459 g/mol. The van der Waals surface area contributed by atoms with Gasteiger partial charge < -0.3 is 14.2 Å². The van der Waals surface area contributed by atoms with Gasteiger partial charge in [-0.1, -0.05) is 12.1 Å². The first-order valence-corrected chi connectivity index (χ1v) is 10.0. The Bertz CT molecular complexity index is 903. The molecular formula is C21H22BrFN2O5. The number of amides is 1. The predicted molar refractivity (Wildman–Crippen MR) is 113 cm³/mol. The molecule has 2 aromatic rings. The van der Waals surface area contributed by atoms with Crippen molar-refractivity contribution in [2.75, 3.05) is 19.8 Å². The van der Waals surface area contributed by atoms with E-state index >= 15 is 0 Å². The van der Waals surface area contributed by atoms with Crippen molar-refractivity contribution in [2.45, 2.75) is 20.3 Å². The van der Waals surface area contributed by atoms with Gasteiger partial charge in [-0.15, -0.1) is 0 Å². The third-order valence-corrected chi connectivity index (χ3v) is 4.37. The highest BCUT2D eigenvalue weighted by molar-refractivity contribution is 9.10. The van der Waals surface area contributed by atoms with Crippen LogP contribution in [-0.2, 0) is 20.7 Å². The van der Waals surface area contributed by atoms with Gasteiger partial charge in [0.25, 0.3) is 0 Å². The van der Waals surface area contributed by atoms with Crippen LogP contribution < -0.4 is 14.9 Å². The molecule has 0 radical (unpaired) electrons. The molecule has 2 rings (SSSR count). The molecule has 0 unspecified atom stereocenters. The second-order valence-electron chi connectivity index (χ2n) is 5.94. The Balaban J connectivity index is 2.03. The van der Waals surface area contributed by atoms with Gasteiger partial charge in [0.05, 0.1) is 25.8 Å². The first-order valence-electron chi connectivity index (χ1n) is 9.24. The first kappa shape index (κ1) is 23.3. The zero-order chi connectivity index (χ0) is 21.9. The Morgan fingerprint density at radius 3 is 2.47 bits per heavy atom. The summed E-state index contributed by atoms with van der Waals surface area (Å²) in [6.45, 7) is 3.95. The monoisotopic (exact) mass is 480 g/mol. The minimum Gasteiger partial charge on any atom is -0.490 e. The number of halogens is 2. The molecule has 1 N–H and O–H groups in total. The highest BCUT2D eigenvalue weighted by Crippen LogP contribution is 2.33. The minimum atomic E-state index is -0.481. The van der Waals surface area contributed by atoms with E-state index in [2.05, 4.69) is 26.5 Å². The summed E-state index contributed by atoms with van der Waals surface area (Å²) in [5.41, 5.74) is 3.73. The van der Waals surface area contributed by atoms with E-state index in [4.69, 9.17) is 14.2 Å². The van der Waals surface area contributed by atoms with E-state index in [1.807, 2.05) is 6.92 Å². The second kappa shape index (κ2) is 11.9. The number of hydrogen-bond donors (Lipinski definition) is 1. The number of hydrazone groups is 1. The molecule has 0 atom stereocenters. The molecule has 0 aromatic heterocycles. The van der Waals surface area contributed by atoms with Crippen LogP contribution in [0.4, 0.5) is 4.39 Å². The smallest absolute Gasteiger partial charge is 0.344 e. The van der Waals surface area contributed by atoms with Crippen molar-refractivity contribution in [3.63, 3.8) is 0 Å². The van der Waals surface area contributed by atoms with Crippen LogP contribution in [0.25, 0.3) is 0 Å². The van der Waals surface area contributed by atoms with Gasteiger partial charge in [0, 0.05) is 10.0 Å². The van der Waals surface area contributed by atoms with Gasteiger partial charge in [-0.3, -0.25) is 4.79 Å². The van der Waals surface area contributed by atoms with Gasteiger partial charge in [-0.2, -0.15) is 5.10 Å². The maximum atomic E-state index is 12.9. The zero-order valence-corrected chi connectivity index (χ0v) is 18.2. The normalized spacial score (nSPS) is 10.7. The lowest BCUT2D eigenvalue weighted by molar-refractivity contribution is -0.145. The molecule has 0 fully saturated rings. The number of hydrogen-bond acceptors (Lipinski definition) is 6. The molecule has 1 amide bonds. The van der Waals surface area contributed by atoms with Crippen LogP contribution in [0, 0.1) is 5.82 Å². The van der Waals surface area contributed by atoms with Crippen LogP contribution in [0.1, 0.15) is 25.0 Å². The molecule has 160 valence electrons. The molecule has 0 bridgehead atoms. The molecule has 30 heavy (non-hydrogen) atoms. The number of carbonyl (C=O) groups is 2. The third kappa shape index (κ3) is 7.47. The number of carbonyl (C=O) groups excluding carboxylic acids is 2. The van der Waals surface area contributed by atoms with E-state index in [1.54, 1.807) is 31.2 Å². The third-order valence-electron chi connectivity index (χ3n) is 3.68. The Morgan fingerprint density at radius 2 is 1.80 bits per heavy atom. The summed E-state index contributed by atoms with van der Waals surface area (Å²) in [5, 5.41) is 3.95. The van der Waals surface area contributed by atoms with Gasteiger partial charge in [0.1, 0.15) is 5.82 Å². The van der Waals surface area contributed by atoms with Crippen LogP contribution in [0.3, 0.4) is 0 Å². The lowest BCUT2D eigenvalue weighted by Gasteiger charge is -2.13. The SMILES string of the molecule is CCOC(=O)COc1cc(Br)c(/C=N/NC(=O)Cc2ccc(F)cc2)cc1OCC. The Kier molecular flexibility index (Phi) is 9.27. The molecule has 7 nitrogen and oxygen atoms in total. The first-order chi connectivity index (χ1) is 14.4. The average molecular weight is 481 g/mol. The molecule has 0 aliphatic heterocycles. The van der Waals surface area contributed by atoms with E-state index in [-0.39, 0.29) is 31.4 Å². The number of benzene rings is 2. The van der Waals surface area contributed by atoms with E-state index in [1.165, 1.54) is 18.3 Å². The van der Waals surface area contributed by atoms with Crippen molar-refractivity contribution in [1.82, 2.24) is 5.43 Å². The fourth-order valence-corrected chi connectivity index (χ4v) is 2.80. The summed E-state index contributed by atoms with van der Waals surface area (Å²) < 4.78 is 29.4.